The molecule has 4 heteroatoms. The molecule has 0 fully saturated rings. The number of allylic oxidation sites excluding steroid dienone is 1. The molecule has 1 amide bonds. The van der Waals surface area contributed by atoms with E-state index in [0.29, 0.717) is 16.3 Å². The van der Waals surface area contributed by atoms with Crippen molar-refractivity contribution in [1.29, 1.82) is 0 Å². The van der Waals surface area contributed by atoms with Gasteiger partial charge in [0, 0.05) is 16.5 Å². The van der Waals surface area contributed by atoms with Crippen LogP contribution in [0.25, 0.3) is 5.57 Å². The Morgan fingerprint density at radius 2 is 2.12 bits per heavy atom. The van der Waals surface area contributed by atoms with Crippen LogP contribution in [0.15, 0.2) is 24.3 Å². The van der Waals surface area contributed by atoms with Crippen LogP contribution < -0.4 is 5.32 Å². The summed E-state index contributed by atoms with van der Waals surface area (Å²) in [6.45, 7) is 3.60. The van der Waals surface area contributed by atoms with Crippen LogP contribution >= 0.6 is 11.6 Å². The summed E-state index contributed by atoms with van der Waals surface area (Å²) in [6, 6.07) is 5.12. The van der Waals surface area contributed by atoms with Crippen molar-refractivity contribution in [3.63, 3.8) is 0 Å². The normalized spacial score (nSPS) is 16.2. The summed E-state index contributed by atoms with van der Waals surface area (Å²) in [5.74, 6) is -0.430. The van der Waals surface area contributed by atoms with Crippen molar-refractivity contribution in [1.82, 2.24) is 0 Å². The minimum atomic E-state index is -0.253. The molecule has 88 valence electrons. The Hall–Kier alpha value is -1.61. The molecule has 1 aliphatic rings. The molecule has 0 spiro atoms. The molecule has 1 N–H and O–H groups in total. The summed E-state index contributed by atoms with van der Waals surface area (Å²) in [4.78, 5) is 23.4. The maximum atomic E-state index is 11.7. The third-order valence-electron chi connectivity index (χ3n) is 2.62. The topological polar surface area (TPSA) is 46.2 Å². The highest BCUT2D eigenvalue weighted by Crippen LogP contribution is 2.33. The van der Waals surface area contributed by atoms with E-state index in [1.165, 1.54) is 6.08 Å². The summed E-state index contributed by atoms with van der Waals surface area (Å²) in [5.41, 5.74) is 1.80. The molecular weight excluding hydrogens is 238 g/mol. The van der Waals surface area contributed by atoms with Crippen molar-refractivity contribution in [3.05, 3.63) is 34.9 Å². The molecule has 2 rings (SSSR count). The first-order chi connectivity index (χ1) is 7.99. The number of rotatable bonds is 2. The van der Waals surface area contributed by atoms with Crippen molar-refractivity contribution in [2.24, 2.45) is 5.92 Å². The summed E-state index contributed by atoms with van der Waals surface area (Å²) in [7, 11) is 0. The average molecular weight is 250 g/mol. The number of anilines is 1. The SMILES string of the molecule is CC(C)C(=O)C=C1C(=O)Nc2cc(Cl)ccc21. The molecule has 0 bridgehead atoms. The van der Waals surface area contributed by atoms with Gasteiger partial charge in [-0.25, -0.2) is 0 Å². The fraction of sp³-hybridized carbons (Fsp3) is 0.231. The number of ketones is 1. The molecule has 3 nitrogen and oxygen atoms in total. The van der Waals surface area contributed by atoms with Crippen molar-refractivity contribution < 1.29 is 9.59 Å². The molecular formula is C13H12ClNO2. The molecule has 0 saturated heterocycles. The first kappa shape index (κ1) is 11.9. The Morgan fingerprint density at radius 1 is 1.41 bits per heavy atom. The third kappa shape index (κ3) is 2.24. The highest BCUT2D eigenvalue weighted by Gasteiger charge is 2.25. The van der Waals surface area contributed by atoms with Gasteiger partial charge in [-0.1, -0.05) is 31.5 Å². The molecule has 17 heavy (non-hydrogen) atoms. The lowest BCUT2D eigenvalue weighted by molar-refractivity contribution is -0.117. The zero-order valence-electron chi connectivity index (χ0n) is 9.58. The average Bonchev–Trinajstić information content (AvgIpc) is 2.54. The van der Waals surface area contributed by atoms with Gasteiger partial charge in [0.05, 0.1) is 11.3 Å². The van der Waals surface area contributed by atoms with Crippen LogP contribution in [0.5, 0.6) is 0 Å². The number of halogens is 1. The predicted octanol–water partition coefficient (Wildman–Crippen LogP) is 2.90. The monoisotopic (exact) mass is 249 g/mol. The van der Waals surface area contributed by atoms with E-state index in [-0.39, 0.29) is 17.6 Å². The second-order valence-corrected chi connectivity index (χ2v) is 4.70. The standard InChI is InChI=1S/C13H12ClNO2/c1-7(2)12(16)6-10-9-4-3-8(14)5-11(9)15-13(10)17/h3-7H,1-2H3,(H,15,17). The van der Waals surface area contributed by atoms with Crippen LogP contribution in [0.3, 0.4) is 0 Å². The summed E-state index contributed by atoms with van der Waals surface area (Å²) in [6.07, 6.45) is 1.40. The Bertz CT molecular complexity index is 532. The lowest BCUT2D eigenvalue weighted by Gasteiger charge is -2.00. The number of hydrogen-bond donors (Lipinski definition) is 1. The van der Waals surface area contributed by atoms with Gasteiger partial charge in [0.15, 0.2) is 5.78 Å². The zero-order chi connectivity index (χ0) is 12.6. The van der Waals surface area contributed by atoms with Gasteiger partial charge >= 0.3 is 0 Å². The van der Waals surface area contributed by atoms with Crippen LogP contribution in [-0.4, -0.2) is 11.7 Å². The van der Waals surface area contributed by atoms with Gasteiger partial charge < -0.3 is 5.32 Å². The first-order valence-electron chi connectivity index (χ1n) is 5.36. The Morgan fingerprint density at radius 3 is 2.76 bits per heavy atom. The van der Waals surface area contributed by atoms with Crippen LogP contribution in [0.1, 0.15) is 19.4 Å². The van der Waals surface area contributed by atoms with E-state index in [1.54, 1.807) is 32.0 Å². The molecule has 0 aliphatic carbocycles. The summed E-state index contributed by atoms with van der Waals surface area (Å²) < 4.78 is 0. The third-order valence-corrected chi connectivity index (χ3v) is 2.86. The Kier molecular flexibility index (Phi) is 3.03. The van der Waals surface area contributed by atoms with E-state index in [1.807, 2.05) is 0 Å². The molecule has 0 aromatic heterocycles. The Balaban J connectivity index is 2.45. The van der Waals surface area contributed by atoms with Crippen LogP contribution in [0.4, 0.5) is 5.69 Å². The maximum Gasteiger partial charge on any atom is 0.256 e. The van der Waals surface area contributed by atoms with Crippen LogP contribution in [0, 0.1) is 5.92 Å². The molecule has 0 radical (unpaired) electrons. The number of nitrogens with one attached hydrogen (secondary N) is 1. The second kappa shape index (κ2) is 4.34. The van der Waals surface area contributed by atoms with Gasteiger partial charge in [-0.3, -0.25) is 9.59 Å². The number of carbonyl (C=O) groups is 2. The van der Waals surface area contributed by atoms with Gasteiger partial charge in [0.1, 0.15) is 0 Å². The molecule has 0 unspecified atom stereocenters. The number of fused-ring (bicyclic) bond motifs is 1. The van der Waals surface area contributed by atoms with E-state index in [0.717, 1.165) is 5.56 Å². The predicted molar refractivity (Wildman–Crippen MR) is 67.9 cm³/mol. The fourth-order valence-electron chi connectivity index (χ4n) is 1.62. The lowest BCUT2D eigenvalue weighted by Crippen LogP contribution is -2.08. The van der Waals surface area contributed by atoms with Gasteiger partial charge in [0.2, 0.25) is 0 Å². The molecule has 1 aromatic carbocycles. The number of carbonyl (C=O) groups excluding carboxylic acids is 2. The highest BCUT2D eigenvalue weighted by molar-refractivity contribution is 6.36. The second-order valence-electron chi connectivity index (χ2n) is 4.26. The van der Waals surface area contributed by atoms with E-state index in [2.05, 4.69) is 5.32 Å². The zero-order valence-corrected chi connectivity index (χ0v) is 10.3. The van der Waals surface area contributed by atoms with Crippen LogP contribution in [0.2, 0.25) is 5.02 Å². The van der Waals surface area contributed by atoms with Crippen molar-refractivity contribution in [2.75, 3.05) is 5.32 Å². The summed E-state index contributed by atoms with van der Waals surface area (Å²) >= 11 is 5.84. The fourth-order valence-corrected chi connectivity index (χ4v) is 1.79. The number of hydrogen-bond acceptors (Lipinski definition) is 2. The molecule has 0 saturated carbocycles. The van der Waals surface area contributed by atoms with Gasteiger partial charge in [-0.2, -0.15) is 0 Å². The minimum Gasteiger partial charge on any atom is -0.321 e. The minimum absolute atomic E-state index is 0.0575. The highest BCUT2D eigenvalue weighted by atomic mass is 35.5. The first-order valence-corrected chi connectivity index (χ1v) is 5.73. The number of amides is 1. The molecule has 1 aromatic rings. The van der Waals surface area contributed by atoms with E-state index in [4.69, 9.17) is 11.6 Å². The molecule has 0 atom stereocenters. The van der Waals surface area contributed by atoms with Crippen LogP contribution in [-0.2, 0) is 9.59 Å². The quantitative estimate of drug-likeness (QED) is 0.820. The number of benzene rings is 1. The van der Waals surface area contributed by atoms with Crippen molar-refractivity contribution in [3.8, 4) is 0 Å². The van der Waals surface area contributed by atoms with Gasteiger partial charge in [-0.05, 0) is 18.2 Å². The van der Waals surface area contributed by atoms with Gasteiger partial charge in [-0.15, -0.1) is 0 Å². The Labute approximate surface area is 104 Å². The van der Waals surface area contributed by atoms with E-state index < -0.39 is 0 Å². The summed E-state index contributed by atoms with van der Waals surface area (Å²) in [5, 5.41) is 3.24. The smallest absolute Gasteiger partial charge is 0.256 e. The largest absolute Gasteiger partial charge is 0.321 e. The van der Waals surface area contributed by atoms with Crippen molar-refractivity contribution in [2.45, 2.75) is 13.8 Å². The molecule has 1 heterocycles. The van der Waals surface area contributed by atoms with Gasteiger partial charge in [0.25, 0.3) is 5.91 Å². The van der Waals surface area contributed by atoms with E-state index in [9.17, 15) is 9.59 Å². The lowest BCUT2D eigenvalue weighted by atomic mass is 10.0. The van der Waals surface area contributed by atoms with Crippen molar-refractivity contribution >= 4 is 34.6 Å². The maximum absolute atomic E-state index is 11.7. The molecule has 1 aliphatic heterocycles. The van der Waals surface area contributed by atoms with E-state index >= 15 is 0 Å².